The highest BCUT2D eigenvalue weighted by Crippen LogP contribution is 2.31. The van der Waals surface area contributed by atoms with Gasteiger partial charge in [-0.1, -0.05) is 18.2 Å². The fraction of sp³-hybridized carbons (Fsp3) is 0.182. The molecule has 92 valence electrons. The number of carboxylic acids is 1. The Labute approximate surface area is 95.4 Å². The van der Waals surface area contributed by atoms with E-state index in [1.165, 1.54) is 18.2 Å². The number of benzene rings is 1. The van der Waals surface area contributed by atoms with Gasteiger partial charge in [-0.2, -0.15) is 13.2 Å². The summed E-state index contributed by atoms with van der Waals surface area (Å²) < 4.78 is 36.9. The number of carbonyl (C=O) groups is 1. The molecule has 3 nitrogen and oxygen atoms in total. The normalized spacial score (nSPS) is 11.9. The maximum absolute atomic E-state index is 12.3. The second-order valence-corrected chi connectivity index (χ2v) is 3.34. The number of carboxylic acid groups (broad SMARTS) is 1. The summed E-state index contributed by atoms with van der Waals surface area (Å²) in [5.74, 6) is -1.02. The maximum Gasteiger partial charge on any atom is 0.416 e. The molecule has 0 aliphatic rings. The third kappa shape index (κ3) is 3.82. The van der Waals surface area contributed by atoms with Crippen LogP contribution in [0.25, 0.3) is 6.08 Å². The minimum absolute atomic E-state index is 0.0403. The van der Waals surface area contributed by atoms with Gasteiger partial charge in [-0.25, -0.2) is 0 Å². The standard InChI is InChI=1S/C11H10F3NO2/c12-11(13,14)8-5-4-7(9(15)6-8)2-1-3-10(16)17/h1-2,4-6H,3,15H2,(H,16,17). The molecule has 3 N–H and O–H groups in total. The third-order valence-corrected chi connectivity index (χ3v) is 2.00. The number of nitrogens with two attached hydrogens (primary N) is 1. The van der Waals surface area contributed by atoms with Crippen molar-refractivity contribution in [2.75, 3.05) is 5.73 Å². The van der Waals surface area contributed by atoms with Gasteiger partial charge in [0, 0.05) is 5.69 Å². The number of hydrogen-bond acceptors (Lipinski definition) is 2. The van der Waals surface area contributed by atoms with Gasteiger partial charge in [-0.15, -0.1) is 0 Å². The van der Waals surface area contributed by atoms with Crippen molar-refractivity contribution in [3.8, 4) is 0 Å². The maximum atomic E-state index is 12.3. The van der Waals surface area contributed by atoms with Crippen LogP contribution < -0.4 is 5.73 Å². The Morgan fingerprint density at radius 1 is 1.41 bits per heavy atom. The molecule has 0 saturated carbocycles. The van der Waals surface area contributed by atoms with E-state index in [4.69, 9.17) is 10.8 Å². The number of halogens is 3. The fourth-order valence-corrected chi connectivity index (χ4v) is 1.19. The molecule has 1 rings (SSSR count). The van der Waals surface area contributed by atoms with Gasteiger partial charge >= 0.3 is 12.1 Å². The quantitative estimate of drug-likeness (QED) is 0.805. The number of nitrogen functional groups attached to an aromatic ring is 1. The van der Waals surface area contributed by atoms with Crippen LogP contribution in [0.15, 0.2) is 24.3 Å². The van der Waals surface area contributed by atoms with Crippen LogP contribution in [-0.4, -0.2) is 11.1 Å². The van der Waals surface area contributed by atoms with Gasteiger partial charge < -0.3 is 10.8 Å². The minimum Gasteiger partial charge on any atom is -0.481 e. The molecule has 0 unspecified atom stereocenters. The van der Waals surface area contributed by atoms with Crippen molar-refractivity contribution in [3.05, 3.63) is 35.4 Å². The molecule has 0 radical (unpaired) electrons. The van der Waals surface area contributed by atoms with Gasteiger partial charge in [0.2, 0.25) is 0 Å². The fourth-order valence-electron chi connectivity index (χ4n) is 1.19. The second kappa shape index (κ2) is 4.90. The van der Waals surface area contributed by atoms with Gasteiger partial charge in [0.05, 0.1) is 12.0 Å². The lowest BCUT2D eigenvalue weighted by atomic mass is 10.1. The Morgan fingerprint density at radius 2 is 2.06 bits per heavy atom. The van der Waals surface area contributed by atoms with E-state index < -0.39 is 17.7 Å². The zero-order valence-electron chi connectivity index (χ0n) is 8.66. The molecule has 1 aromatic rings. The molecule has 17 heavy (non-hydrogen) atoms. The predicted molar refractivity (Wildman–Crippen MR) is 57.1 cm³/mol. The Bertz CT molecular complexity index is 453. The van der Waals surface area contributed by atoms with Crippen molar-refractivity contribution >= 4 is 17.7 Å². The summed E-state index contributed by atoms with van der Waals surface area (Å²) in [7, 11) is 0. The van der Waals surface area contributed by atoms with Crippen molar-refractivity contribution in [3.63, 3.8) is 0 Å². The molecule has 0 heterocycles. The molecule has 1 aromatic carbocycles. The average molecular weight is 245 g/mol. The molecule has 0 saturated heterocycles. The lowest BCUT2D eigenvalue weighted by Gasteiger charge is -2.08. The molecule has 0 aromatic heterocycles. The first-order chi connectivity index (χ1) is 7.80. The summed E-state index contributed by atoms with van der Waals surface area (Å²) in [6.07, 6.45) is -1.94. The number of hydrogen-bond donors (Lipinski definition) is 2. The number of aliphatic carboxylic acids is 1. The highest BCUT2D eigenvalue weighted by atomic mass is 19.4. The van der Waals surface area contributed by atoms with Crippen molar-refractivity contribution in [2.45, 2.75) is 12.6 Å². The van der Waals surface area contributed by atoms with Gasteiger partial charge in [0.15, 0.2) is 0 Å². The Hall–Kier alpha value is -1.98. The lowest BCUT2D eigenvalue weighted by Crippen LogP contribution is -2.06. The smallest absolute Gasteiger partial charge is 0.416 e. The van der Waals surface area contributed by atoms with Gasteiger partial charge in [-0.05, 0) is 17.7 Å². The van der Waals surface area contributed by atoms with E-state index in [1.807, 2.05) is 0 Å². The van der Waals surface area contributed by atoms with Crippen LogP contribution in [0, 0.1) is 0 Å². The van der Waals surface area contributed by atoms with Crippen LogP contribution in [0.1, 0.15) is 17.5 Å². The second-order valence-electron chi connectivity index (χ2n) is 3.34. The van der Waals surface area contributed by atoms with E-state index >= 15 is 0 Å². The van der Waals surface area contributed by atoms with Gasteiger partial charge in [0.25, 0.3) is 0 Å². The largest absolute Gasteiger partial charge is 0.481 e. The third-order valence-electron chi connectivity index (χ3n) is 2.00. The van der Waals surface area contributed by atoms with Crippen LogP contribution >= 0.6 is 0 Å². The zero-order valence-corrected chi connectivity index (χ0v) is 8.66. The van der Waals surface area contributed by atoms with Crippen LogP contribution in [0.5, 0.6) is 0 Å². The Balaban J connectivity index is 2.91. The van der Waals surface area contributed by atoms with E-state index in [0.29, 0.717) is 5.56 Å². The van der Waals surface area contributed by atoms with E-state index in [9.17, 15) is 18.0 Å². The van der Waals surface area contributed by atoms with Crippen molar-refractivity contribution in [2.24, 2.45) is 0 Å². The molecule has 6 heteroatoms. The van der Waals surface area contributed by atoms with Crippen LogP contribution in [0.2, 0.25) is 0 Å². The molecule has 0 fully saturated rings. The van der Waals surface area contributed by atoms with Crippen LogP contribution in [0.3, 0.4) is 0 Å². The van der Waals surface area contributed by atoms with Gasteiger partial charge in [-0.3, -0.25) is 4.79 Å². The molecular weight excluding hydrogens is 235 g/mol. The Kier molecular flexibility index (Phi) is 3.77. The van der Waals surface area contributed by atoms with E-state index in [2.05, 4.69) is 0 Å². The monoisotopic (exact) mass is 245 g/mol. The average Bonchev–Trinajstić information content (AvgIpc) is 2.18. The Morgan fingerprint density at radius 3 is 2.53 bits per heavy atom. The summed E-state index contributed by atoms with van der Waals surface area (Å²) in [6.45, 7) is 0. The highest BCUT2D eigenvalue weighted by Gasteiger charge is 2.30. The van der Waals surface area contributed by atoms with Crippen molar-refractivity contribution in [1.82, 2.24) is 0 Å². The number of alkyl halides is 3. The molecule has 0 bridgehead atoms. The number of rotatable bonds is 3. The zero-order chi connectivity index (χ0) is 13.1. The minimum atomic E-state index is -4.43. The summed E-state index contributed by atoms with van der Waals surface area (Å²) in [5, 5.41) is 8.38. The summed E-state index contributed by atoms with van der Waals surface area (Å²) >= 11 is 0. The van der Waals surface area contributed by atoms with Crippen LogP contribution in [0.4, 0.5) is 18.9 Å². The molecule has 0 atom stereocenters. The summed E-state index contributed by atoms with van der Waals surface area (Å²) in [4.78, 5) is 10.2. The number of anilines is 1. The summed E-state index contributed by atoms with van der Waals surface area (Å²) in [5.41, 5.74) is 4.93. The van der Waals surface area contributed by atoms with E-state index in [1.54, 1.807) is 0 Å². The topological polar surface area (TPSA) is 63.3 Å². The van der Waals surface area contributed by atoms with Crippen LogP contribution in [-0.2, 0) is 11.0 Å². The lowest BCUT2D eigenvalue weighted by molar-refractivity contribution is -0.138. The summed E-state index contributed by atoms with van der Waals surface area (Å²) in [6, 6.07) is 2.92. The molecule has 0 aliphatic heterocycles. The van der Waals surface area contributed by atoms with Crippen molar-refractivity contribution < 1.29 is 23.1 Å². The van der Waals surface area contributed by atoms with Crippen molar-refractivity contribution in [1.29, 1.82) is 0 Å². The molecular formula is C11H10F3NO2. The first-order valence-electron chi connectivity index (χ1n) is 4.66. The van der Waals surface area contributed by atoms with E-state index in [-0.39, 0.29) is 12.1 Å². The molecule has 0 amide bonds. The first-order valence-corrected chi connectivity index (χ1v) is 4.66. The predicted octanol–water partition coefficient (Wildman–Crippen LogP) is 2.78. The first kappa shape index (κ1) is 13.1. The highest BCUT2D eigenvalue weighted by molar-refractivity contribution is 5.72. The SMILES string of the molecule is Nc1cc(C(F)(F)F)ccc1C=CCC(=O)O. The molecule has 0 spiro atoms. The van der Waals surface area contributed by atoms with Gasteiger partial charge in [0.1, 0.15) is 0 Å². The van der Waals surface area contributed by atoms with E-state index in [0.717, 1.165) is 12.1 Å². The molecule has 0 aliphatic carbocycles.